The summed E-state index contributed by atoms with van der Waals surface area (Å²) in [7, 11) is 0. The van der Waals surface area contributed by atoms with E-state index in [9.17, 15) is 14.4 Å². The third-order valence-electron chi connectivity index (χ3n) is 13.0. The fourth-order valence-electron chi connectivity index (χ4n) is 8.59. The fourth-order valence-corrected chi connectivity index (χ4v) is 8.59. The highest BCUT2D eigenvalue weighted by molar-refractivity contribution is 5.71. The Morgan fingerprint density at radius 1 is 0.308 bits per heavy atom. The van der Waals surface area contributed by atoms with Gasteiger partial charge in [0.05, 0.1) is 0 Å². The molecule has 0 radical (unpaired) electrons. The third kappa shape index (κ3) is 52.7. The molecule has 0 N–H and O–H groups in total. The van der Waals surface area contributed by atoms with Gasteiger partial charge in [-0.15, -0.1) is 0 Å². The van der Waals surface area contributed by atoms with Gasteiger partial charge in [0.2, 0.25) is 0 Å². The smallest absolute Gasteiger partial charge is 0.306 e. The van der Waals surface area contributed by atoms with Crippen molar-refractivity contribution in [1.29, 1.82) is 0 Å². The highest BCUT2D eigenvalue weighted by atomic mass is 16.6. The number of carbonyl (C=O) groups excluding carboxylic acids is 3. The molecule has 0 amide bonds. The van der Waals surface area contributed by atoms with Crippen molar-refractivity contribution in [2.24, 2.45) is 0 Å². The van der Waals surface area contributed by atoms with E-state index in [1.807, 2.05) is 0 Å². The quantitative estimate of drug-likeness (QED) is 0.0262. The van der Waals surface area contributed by atoms with Crippen LogP contribution in [0, 0.1) is 0 Å². The second kappa shape index (κ2) is 54.5. The van der Waals surface area contributed by atoms with Gasteiger partial charge in [0.15, 0.2) is 6.10 Å². The van der Waals surface area contributed by atoms with Crippen molar-refractivity contribution < 1.29 is 28.6 Å². The molecule has 382 valence electrons. The molecule has 0 aliphatic carbocycles. The van der Waals surface area contributed by atoms with Gasteiger partial charge in [-0.2, -0.15) is 0 Å². The van der Waals surface area contributed by atoms with Crippen LogP contribution >= 0.6 is 0 Å². The number of unbranched alkanes of at least 4 members (excludes halogenated alkanes) is 38. The second-order valence-corrected chi connectivity index (χ2v) is 19.6. The molecule has 0 aliphatic rings. The summed E-state index contributed by atoms with van der Waals surface area (Å²) in [4.78, 5) is 37.7. The van der Waals surface area contributed by atoms with Crippen LogP contribution in [0.1, 0.15) is 316 Å². The number of esters is 3. The zero-order chi connectivity index (χ0) is 47.2. The van der Waals surface area contributed by atoms with Crippen molar-refractivity contribution in [1.82, 2.24) is 0 Å². The van der Waals surface area contributed by atoms with Gasteiger partial charge in [-0.1, -0.05) is 270 Å². The Hall–Kier alpha value is -2.11. The lowest BCUT2D eigenvalue weighted by molar-refractivity contribution is -0.167. The first kappa shape index (κ1) is 62.9. The van der Waals surface area contributed by atoms with Crippen molar-refractivity contribution in [2.45, 2.75) is 322 Å². The lowest BCUT2D eigenvalue weighted by Gasteiger charge is -2.18. The Morgan fingerprint density at radius 2 is 0.554 bits per heavy atom. The molecule has 0 saturated heterocycles. The molecule has 0 saturated carbocycles. The maximum atomic E-state index is 12.7. The number of hydrogen-bond acceptors (Lipinski definition) is 6. The van der Waals surface area contributed by atoms with Crippen LogP contribution in [0.3, 0.4) is 0 Å². The molecule has 0 aromatic heterocycles. The van der Waals surface area contributed by atoms with E-state index in [-0.39, 0.29) is 31.1 Å². The molecule has 6 nitrogen and oxygen atoms in total. The van der Waals surface area contributed by atoms with Gasteiger partial charge in [-0.3, -0.25) is 14.4 Å². The van der Waals surface area contributed by atoms with E-state index in [0.717, 1.165) is 70.6 Å². The summed E-state index contributed by atoms with van der Waals surface area (Å²) in [5.41, 5.74) is 0. The van der Waals surface area contributed by atoms with Crippen LogP contribution < -0.4 is 0 Å². The van der Waals surface area contributed by atoms with Crippen LogP contribution in [0.4, 0.5) is 0 Å². The van der Waals surface area contributed by atoms with Gasteiger partial charge in [-0.05, 0) is 51.4 Å². The largest absolute Gasteiger partial charge is 0.462 e. The molecule has 0 spiro atoms. The fraction of sp³-hybridized carbons (Fsp3) is 0.881. The first-order valence-electron chi connectivity index (χ1n) is 28.8. The minimum atomic E-state index is -0.762. The maximum absolute atomic E-state index is 12.7. The first-order chi connectivity index (χ1) is 32.0. The highest BCUT2D eigenvalue weighted by Gasteiger charge is 2.19. The molecular formula is C59H110O6. The van der Waals surface area contributed by atoms with E-state index in [0.29, 0.717) is 19.3 Å². The molecule has 6 heteroatoms. The lowest BCUT2D eigenvalue weighted by Crippen LogP contribution is -2.30. The summed E-state index contributed by atoms with van der Waals surface area (Å²) in [5, 5.41) is 0. The van der Waals surface area contributed by atoms with Crippen molar-refractivity contribution in [3.05, 3.63) is 24.3 Å². The Kier molecular flexibility index (Phi) is 52.7. The van der Waals surface area contributed by atoms with E-state index in [1.165, 1.54) is 205 Å². The number of hydrogen-bond donors (Lipinski definition) is 0. The molecule has 0 aliphatic heterocycles. The number of carbonyl (C=O) groups is 3. The second-order valence-electron chi connectivity index (χ2n) is 19.6. The molecule has 0 heterocycles. The maximum Gasteiger partial charge on any atom is 0.306 e. The van der Waals surface area contributed by atoms with E-state index in [1.54, 1.807) is 0 Å². The zero-order valence-corrected chi connectivity index (χ0v) is 43.8. The van der Waals surface area contributed by atoms with Crippen molar-refractivity contribution in [3.8, 4) is 0 Å². The van der Waals surface area contributed by atoms with Gasteiger partial charge in [-0.25, -0.2) is 0 Å². The van der Waals surface area contributed by atoms with Crippen molar-refractivity contribution in [3.63, 3.8) is 0 Å². The Bertz CT molecular complexity index is 1050. The van der Waals surface area contributed by atoms with Gasteiger partial charge in [0.1, 0.15) is 13.2 Å². The Labute approximate surface area is 404 Å². The van der Waals surface area contributed by atoms with E-state index in [2.05, 4.69) is 45.1 Å². The Morgan fingerprint density at radius 3 is 0.846 bits per heavy atom. The van der Waals surface area contributed by atoms with E-state index >= 15 is 0 Å². The van der Waals surface area contributed by atoms with Crippen LogP contribution in [0.2, 0.25) is 0 Å². The lowest BCUT2D eigenvalue weighted by atomic mass is 10.0. The van der Waals surface area contributed by atoms with Gasteiger partial charge in [0.25, 0.3) is 0 Å². The van der Waals surface area contributed by atoms with Gasteiger partial charge < -0.3 is 14.2 Å². The summed E-state index contributed by atoms with van der Waals surface area (Å²) in [5.74, 6) is -0.863. The topological polar surface area (TPSA) is 78.9 Å². The van der Waals surface area contributed by atoms with Crippen LogP contribution in [0.5, 0.6) is 0 Å². The minimum Gasteiger partial charge on any atom is -0.462 e. The first-order valence-corrected chi connectivity index (χ1v) is 28.8. The van der Waals surface area contributed by atoms with E-state index < -0.39 is 6.10 Å². The summed E-state index contributed by atoms with van der Waals surface area (Å²) in [6.07, 6.45) is 63.7. The molecule has 0 bridgehead atoms. The normalized spacial score (nSPS) is 12.1. The van der Waals surface area contributed by atoms with Crippen LogP contribution in [0.15, 0.2) is 24.3 Å². The van der Waals surface area contributed by atoms with Gasteiger partial charge >= 0.3 is 17.9 Å². The van der Waals surface area contributed by atoms with Gasteiger partial charge in [0, 0.05) is 19.3 Å². The number of rotatable bonds is 53. The van der Waals surface area contributed by atoms with Crippen molar-refractivity contribution >= 4 is 17.9 Å². The highest BCUT2D eigenvalue weighted by Crippen LogP contribution is 2.17. The third-order valence-corrected chi connectivity index (χ3v) is 13.0. The SMILES string of the molecule is CCCCCCC/C=C\C/C=C\CCCCCCCCCCCCCCCCCC(=O)OCC(COC(=O)CCCCCCC)OC(=O)CCCCCCCCCCCCCCCCC. The van der Waals surface area contributed by atoms with E-state index in [4.69, 9.17) is 14.2 Å². The summed E-state index contributed by atoms with van der Waals surface area (Å²) in [6.45, 7) is 6.59. The zero-order valence-electron chi connectivity index (χ0n) is 43.8. The predicted molar refractivity (Wildman–Crippen MR) is 279 cm³/mol. The monoisotopic (exact) mass is 915 g/mol. The van der Waals surface area contributed by atoms with Crippen molar-refractivity contribution in [2.75, 3.05) is 13.2 Å². The molecule has 65 heavy (non-hydrogen) atoms. The number of ether oxygens (including phenoxy) is 3. The summed E-state index contributed by atoms with van der Waals surface area (Å²) < 4.78 is 16.7. The summed E-state index contributed by atoms with van der Waals surface area (Å²) in [6, 6.07) is 0. The minimum absolute atomic E-state index is 0.0666. The Balaban J connectivity index is 3.98. The molecule has 0 fully saturated rings. The average molecular weight is 916 g/mol. The predicted octanol–water partition coefficient (Wildman–Crippen LogP) is 19.1. The molecule has 0 rings (SSSR count). The molecule has 0 aromatic rings. The average Bonchev–Trinajstić information content (AvgIpc) is 3.30. The molecule has 1 unspecified atom stereocenters. The number of allylic oxidation sites excluding steroid dienone is 4. The standard InChI is InChI=1S/C59H110O6/c1-4-7-10-13-15-17-19-21-23-24-25-26-27-28-29-30-31-32-33-34-36-37-39-41-43-46-49-52-58(61)64-55-56(54-63-57(60)51-48-45-12-9-6-3)65-59(62)53-50-47-44-42-40-38-35-22-20-18-16-14-11-8-5-2/h19,21,24-25,56H,4-18,20,22-23,26-55H2,1-3H3/b21-19-,25-24-. The summed E-state index contributed by atoms with van der Waals surface area (Å²) >= 11 is 0. The molecular weight excluding hydrogens is 805 g/mol. The van der Waals surface area contributed by atoms with Crippen LogP contribution in [-0.2, 0) is 28.6 Å². The molecule has 0 aromatic carbocycles. The van der Waals surface area contributed by atoms with Crippen LogP contribution in [-0.4, -0.2) is 37.2 Å². The molecule has 1 atom stereocenters. The van der Waals surface area contributed by atoms with Crippen LogP contribution in [0.25, 0.3) is 0 Å².